The number of ether oxygens (including phenoxy) is 1. The van der Waals surface area contributed by atoms with E-state index in [-0.39, 0.29) is 6.42 Å². The molecule has 1 rings (SSSR count). The Labute approximate surface area is 116 Å². The highest BCUT2D eigenvalue weighted by Gasteiger charge is 2.24. The van der Waals surface area contributed by atoms with Crippen molar-refractivity contribution in [1.82, 2.24) is 5.32 Å². The predicted octanol–water partition coefficient (Wildman–Crippen LogP) is 2.58. The maximum Gasteiger partial charge on any atom is 0.408 e. The number of carbonyl (C=O) groups is 2. The van der Waals surface area contributed by atoms with Crippen molar-refractivity contribution in [3.63, 3.8) is 0 Å². The van der Waals surface area contributed by atoms with E-state index in [1.165, 1.54) is 11.3 Å². The molecular weight excluding hydrogens is 266 g/mol. The van der Waals surface area contributed by atoms with Crippen molar-refractivity contribution in [2.75, 3.05) is 0 Å². The number of carbonyl (C=O) groups excluding carboxylic acids is 1. The number of carboxylic acids is 1. The highest BCUT2D eigenvalue weighted by molar-refractivity contribution is 7.10. The van der Waals surface area contributed by atoms with Gasteiger partial charge < -0.3 is 15.2 Å². The standard InChI is InChI=1S/C13H19NO4S/c1-8-5-9(19-7-8)6-10(11(15)16)14-12(17)18-13(2,3)4/h5,7,10H,6H2,1-4H3,(H,14,17)(H,15,16). The molecule has 6 heteroatoms. The number of alkyl carbamates (subject to hydrolysis) is 1. The van der Waals surface area contributed by atoms with E-state index in [0.717, 1.165) is 10.4 Å². The Hall–Kier alpha value is -1.56. The Balaban J connectivity index is 2.63. The van der Waals surface area contributed by atoms with E-state index in [9.17, 15) is 9.59 Å². The molecule has 0 spiro atoms. The van der Waals surface area contributed by atoms with Gasteiger partial charge >= 0.3 is 12.1 Å². The molecular formula is C13H19NO4S. The molecule has 106 valence electrons. The van der Waals surface area contributed by atoms with Crippen LogP contribution in [0.3, 0.4) is 0 Å². The van der Waals surface area contributed by atoms with Crippen molar-refractivity contribution in [3.05, 3.63) is 21.9 Å². The smallest absolute Gasteiger partial charge is 0.408 e. The molecule has 19 heavy (non-hydrogen) atoms. The summed E-state index contributed by atoms with van der Waals surface area (Å²) in [6, 6.07) is 0.935. The first-order chi connectivity index (χ1) is 8.67. The number of hydrogen-bond donors (Lipinski definition) is 2. The lowest BCUT2D eigenvalue weighted by atomic mass is 10.1. The summed E-state index contributed by atoms with van der Waals surface area (Å²) < 4.78 is 5.05. The van der Waals surface area contributed by atoms with Crippen molar-refractivity contribution < 1.29 is 19.4 Å². The van der Waals surface area contributed by atoms with Crippen LogP contribution in [0.25, 0.3) is 0 Å². The molecule has 0 saturated heterocycles. The number of nitrogens with one attached hydrogen (secondary N) is 1. The van der Waals surface area contributed by atoms with E-state index in [2.05, 4.69) is 5.32 Å². The Kier molecular flexibility index (Phi) is 4.94. The van der Waals surface area contributed by atoms with Crippen LogP contribution in [0, 0.1) is 6.92 Å². The Morgan fingerprint density at radius 2 is 2.11 bits per heavy atom. The third-order valence-electron chi connectivity index (χ3n) is 2.18. The summed E-state index contributed by atoms with van der Waals surface area (Å²) in [7, 11) is 0. The van der Waals surface area contributed by atoms with Gasteiger partial charge in [0.1, 0.15) is 11.6 Å². The largest absolute Gasteiger partial charge is 0.480 e. The van der Waals surface area contributed by atoms with Gasteiger partial charge in [-0.3, -0.25) is 0 Å². The lowest BCUT2D eigenvalue weighted by Gasteiger charge is -2.21. The molecule has 0 radical (unpaired) electrons. The number of rotatable bonds is 4. The van der Waals surface area contributed by atoms with Crippen LogP contribution in [0.1, 0.15) is 31.2 Å². The number of amides is 1. The molecule has 1 amide bonds. The molecule has 1 heterocycles. The van der Waals surface area contributed by atoms with Crippen molar-refractivity contribution in [2.45, 2.75) is 45.8 Å². The normalized spacial score (nSPS) is 12.8. The van der Waals surface area contributed by atoms with E-state index in [1.807, 2.05) is 18.4 Å². The van der Waals surface area contributed by atoms with Gasteiger partial charge in [0.15, 0.2) is 0 Å². The molecule has 1 atom stereocenters. The van der Waals surface area contributed by atoms with Crippen LogP contribution >= 0.6 is 11.3 Å². The number of aliphatic carboxylic acids is 1. The van der Waals surface area contributed by atoms with Crippen LogP contribution in [-0.4, -0.2) is 28.8 Å². The van der Waals surface area contributed by atoms with Gasteiger partial charge in [-0.1, -0.05) is 0 Å². The predicted molar refractivity (Wildman–Crippen MR) is 73.6 cm³/mol. The minimum atomic E-state index is -1.07. The zero-order valence-corrected chi connectivity index (χ0v) is 12.3. The minimum Gasteiger partial charge on any atom is -0.480 e. The van der Waals surface area contributed by atoms with Gasteiger partial charge in [-0.15, -0.1) is 11.3 Å². The summed E-state index contributed by atoms with van der Waals surface area (Å²) >= 11 is 1.48. The van der Waals surface area contributed by atoms with Crippen LogP contribution < -0.4 is 5.32 Å². The second-order valence-electron chi connectivity index (χ2n) is 5.33. The maximum atomic E-state index is 11.6. The monoisotopic (exact) mass is 285 g/mol. The first-order valence-electron chi connectivity index (χ1n) is 5.94. The number of carboxylic acid groups (broad SMARTS) is 1. The fourth-order valence-electron chi connectivity index (χ4n) is 1.45. The number of thiophene rings is 1. The molecule has 1 unspecified atom stereocenters. The zero-order chi connectivity index (χ0) is 14.6. The maximum absolute atomic E-state index is 11.6. The van der Waals surface area contributed by atoms with E-state index < -0.39 is 23.7 Å². The van der Waals surface area contributed by atoms with Crippen LogP contribution in [0.2, 0.25) is 0 Å². The van der Waals surface area contributed by atoms with E-state index in [4.69, 9.17) is 9.84 Å². The highest BCUT2D eigenvalue weighted by Crippen LogP contribution is 2.16. The molecule has 5 nitrogen and oxygen atoms in total. The van der Waals surface area contributed by atoms with E-state index in [1.54, 1.807) is 20.8 Å². The fraction of sp³-hybridized carbons (Fsp3) is 0.538. The SMILES string of the molecule is Cc1csc(CC(NC(=O)OC(C)(C)C)C(=O)O)c1. The molecule has 0 fully saturated rings. The molecule has 0 bridgehead atoms. The van der Waals surface area contributed by atoms with Crippen molar-refractivity contribution in [3.8, 4) is 0 Å². The lowest BCUT2D eigenvalue weighted by Crippen LogP contribution is -2.44. The van der Waals surface area contributed by atoms with Crippen LogP contribution in [0.5, 0.6) is 0 Å². The fourth-order valence-corrected chi connectivity index (χ4v) is 2.37. The quantitative estimate of drug-likeness (QED) is 0.891. The molecule has 2 N–H and O–H groups in total. The van der Waals surface area contributed by atoms with E-state index in [0.29, 0.717) is 0 Å². The molecule has 0 saturated carbocycles. The zero-order valence-electron chi connectivity index (χ0n) is 11.5. The highest BCUT2D eigenvalue weighted by atomic mass is 32.1. The van der Waals surface area contributed by atoms with Crippen LogP contribution in [0.15, 0.2) is 11.4 Å². The van der Waals surface area contributed by atoms with Gasteiger partial charge in [0.05, 0.1) is 0 Å². The Bertz CT molecular complexity index is 461. The second-order valence-corrected chi connectivity index (χ2v) is 6.33. The lowest BCUT2D eigenvalue weighted by molar-refractivity contribution is -0.139. The van der Waals surface area contributed by atoms with Gasteiger partial charge in [-0.2, -0.15) is 0 Å². The van der Waals surface area contributed by atoms with Gasteiger partial charge in [0.25, 0.3) is 0 Å². The topological polar surface area (TPSA) is 75.6 Å². The third kappa shape index (κ3) is 5.74. The summed E-state index contributed by atoms with van der Waals surface area (Å²) in [5, 5.41) is 13.4. The minimum absolute atomic E-state index is 0.257. The van der Waals surface area contributed by atoms with Gasteiger partial charge in [0, 0.05) is 11.3 Å². The average molecular weight is 285 g/mol. The summed E-state index contributed by atoms with van der Waals surface area (Å²) in [4.78, 5) is 23.6. The van der Waals surface area contributed by atoms with Crippen molar-refractivity contribution in [1.29, 1.82) is 0 Å². The number of hydrogen-bond acceptors (Lipinski definition) is 4. The molecule has 0 aliphatic rings. The van der Waals surface area contributed by atoms with Crippen molar-refractivity contribution in [2.24, 2.45) is 0 Å². The average Bonchev–Trinajstić information content (AvgIpc) is 2.60. The molecule has 1 aromatic rings. The Morgan fingerprint density at radius 3 is 2.53 bits per heavy atom. The summed E-state index contributed by atoms with van der Waals surface area (Å²) in [6.07, 6.45) is -0.458. The first-order valence-corrected chi connectivity index (χ1v) is 6.81. The van der Waals surface area contributed by atoms with Gasteiger partial charge in [0.2, 0.25) is 0 Å². The first kappa shape index (κ1) is 15.5. The molecule has 0 aliphatic heterocycles. The molecule has 0 aromatic carbocycles. The second kappa shape index (κ2) is 6.06. The van der Waals surface area contributed by atoms with Crippen LogP contribution in [-0.2, 0) is 16.0 Å². The van der Waals surface area contributed by atoms with Gasteiger partial charge in [-0.25, -0.2) is 9.59 Å². The van der Waals surface area contributed by atoms with Gasteiger partial charge in [-0.05, 0) is 44.7 Å². The molecule has 0 aliphatic carbocycles. The molecule has 1 aromatic heterocycles. The third-order valence-corrected chi connectivity index (χ3v) is 3.26. The summed E-state index contributed by atoms with van der Waals surface area (Å²) in [5.41, 5.74) is 0.438. The summed E-state index contributed by atoms with van der Waals surface area (Å²) in [6.45, 7) is 7.12. The number of aryl methyl sites for hydroxylation is 1. The van der Waals surface area contributed by atoms with Crippen molar-refractivity contribution >= 4 is 23.4 Å². The summed E-state index contributed by atoms with van der Waals surface area (Å²) in [5.74, 6) is -1.07. The van der Waals surface area contributed by atoms with E-state index >= 15 is 0 Å². The Morgan fingerprint density at radius 1 is 1.47 bits per heavy atom. The van der Waals surface area contributed by atoms with Crippen LogP contribution in [0.4, 0.5) is 4.79 Å².